The third-order valence-corrected chi connectivity index (χ3v) is 4.46. The number of hydrogen-bond donors (Lipinski definition) is 3. The summed E-state index contributed by atoms with van der Waals surface area (Å²) in [6.45, 7) is 3.80. The van der Waals surface area contributed by atoms with E-state index in [2.05, 4.69) is 37.0 Å². The molecule has 1 aliphatic rings. The summed E-state index contributed by atoms with van der Waals surface area (Å²) in [5, 5.41) is 7.01. The minimum absolute atomic E-state index is 0. The van der Waals surface area contributed by atoms with Crippen LogP contribution < -0.4 is 21.1 Å². The minimum atomic E-state index is -0.104. The minimum Gasteiger partial charge on any atom is -0.432 e. The molecule has 0 radical (unpaired) electrons. The quantitative estimate of drug-likeness (QED) is 0.596. The van der Waals surface area contributed by atoms with Gasteiger partial charge in [0.25, 0.3) is 5.88 Å². The molecule has 5 N–H and O–H groups in total. The molecule has 0 amide bonds. The molecule has 0 aromatic carbocycles. The Morgan fingerprint density at radius 1 is 1.22 bits per heavy atom. The first kappa shape index (κ1) is 20.9. The highest BCUT2D eigenvalue weighted by Crippen LogP contribution is 2.29. The van der Waals surface area contributed by atoms with Gasteiger partial charge in [0.2, 0.25) is 0 Å². The zero-order valence-electron chi connectivity index (χ0n) is 14.8. The Kier molecular flexibility index (Phi) is 6.30. The smallest absolute Gasteiger partial charge is 0.266 e. The lowest BCUT2D eigenvalue weighted by molar-refractivity contribution is 0.363. The van der Waals surface area contributed by atoms with E-state index in [9.17, 15) is 0 Å². The van der Waals surface area contributed by atoms with Crippen molar-refractivity contribution >= 4 is 47.6 Å². The molecule has 1 saturated heterocycles. The maximum atomic E-state index is 6.19. The molecule has 27 heavy (non-hydrogen) atoms. The van der Waals surface area contributed by atoms with E-state index in [0.29, 0.717) is 28.6 Å². The molecule has 0 atom stereocenters. The van der Waals surface area contributed by atoms with Crippen molar-refractivity contribution in [1.82, 2.24) is 25.1 Å². The first-order chi connectivity index (χ1) is 12.0. The summed E-state index contributed by atoms with van der Waals surface area (Å²) in [7, 11) is 0. The number of H-pyrrole nitrogens is 1. The molecule has 4 heterocycles. The van der Waals surface area contributed by atoms with Gasteiger partial charge in [-0.2, -0.15) is 0 Å². The fourth-order valence-electron chi connectivity index (χ4n) is 2.83. The van der Waals surface area contributed by atoms with Gasteiger partial charge in [0.15, 0.2) is 22.7 Å². The van der Waals surface area contributed by atoms with Gasteiger partial charge < -0.3 is 21.1 Å². The van der Waals surface area contributed by atoms with E-state index in [4.69, 9.17) is 16.2 Å². The molecule has 3 aromatic heterocycles. The maximum Gasteiger partial charge on any atom is 0.266 e. The Morgan fingerprint density at radius 2 is 1.96 bits per heavy atom. The van der Waals surface area contributed by atoms with E-state index < -0.39 is 0 Å². The number of anilines is 2. The van der Waals surface area contributed by atoms with Crippen LogP contribution in [-0.2, 0) is 0 Å². The third-order valence-electron chi connectivity index (χ3n) is 4.46. The number of rotatable bonds is 3. The molecule has 146 valence electrons. The average molecular weight is 413 g/mol. The van der Waals surface area contributed by atoms with Crippen molar-refractivity contribution in [2.75, 3.05) is 23.7 Å². The number of aromatic amines is 1. The zero-order valence-corrected chi connectivity index (χ0v) is 16.4. The molecule has 0 unspecified atom stereocenters. The van der Waals surface area contributed by atoms with E-state index in [1.165, 1.54) is 0 Å². The van der Waals surface area contributed by atoms with Crippen LogP contribution in [0.5, 0.6) is 11.6 Å². The summed E-state index contributed by atoms with van der Waals surface area (Å²) in [5.74, 6) is 1.85. The second-order valence-corrected chi connectivity index (χ2v) is 6.58. The molecular formula is C16H22Cl2N8O. The van der Waals surface area contributed by atoms with Gasteiger partial charge in [-0.1, -0.05) is 0 Å². The monoisotopic (exact) mass is 412 g/mol. The molecule has 1 aliphatic heterocycles. The predicted octanol–water partition coefficient (Wildman–Crippen LogP) is 2.28. The van der Waals surface area contributed by atoms with Gasteiger partial charge in [0.1, 0.15) is 5.82 Å². The summed E-state index contributed by atoms with van der Waals surface area (Å²) in [4.78, 5) is 15.2. The highest BCUT2D eigenvalue weighted by Gasteiger charge is 2.27. The lowest BCUT2D eigenvalue weighted by Crippen LogP contribution is -2.48. The number of aromatic nitrogens is 5. The summed E-state index contributed by atoms with van der Waals surface area (Å²) >= 11 is 0. The van der Waals surface area contributed by atoms with E-state index in [1.807, 2.05) is 0 Å². The zero-order chi connectivity index (χ0) is 17.4. The van der Waals surface area contributed by atoms with Crippen LogP contribution in [0, 0.1) is 0 Å². The predicted molar refractivity (Wildman–Crippen MR) is 109 cm³/mol. The van der Waals surface area contributed by atoms with Crippen molar-refractivity contribution in [2.24, 2.45) is 5.73 Å². The van der Waals surface area contributed by atoms with Crippen molar-refractivity contribution in [3.63, 3.8) is 0 Å². The topological polar surface area (TPSA) is 132 Å². The van der Waals surface area contributed by atoms with Crippen LogP contribution in [0.2, 0.25) is 0 Å². The van der Waals surface area contributed by atoms with Crippen LogP contribution in [-0.4, -0.2) is 43.8 Å². The van der Waals surface area contributed by atoms with Crippen molar-refractivity contribution < 1.29 is 4.74 Å². The second-order valence-electron chi connectivity index (χ2n) is 6.58. The van der Waals surface area contributed by atoms with Gasteiger partial charge in [-0.25, -0.2) is 15.0 Å². The van der Waals surface area contributed by atoms with Gasteiger partial charge in [0.05, 0.1) is 6.20 Å². The molecule has 0 bridgehead atoms. The number of piperidine rings is 1. The number of ether oxygens (including phenoxy) is 1. The first-order valence-corrected chi connectivity index (χ1v) is 8.15. The van der Waals surface area contributed by atoms with Crippen LogP contribution in [0.3, 0.4) is 0 Å². The summed E-state index contributed by atoms with van der Waals surface area (Å²) < 4.78 is 5.71. The highest BCUT2D eigenvalue weighted by molar-refractivity contribution is 5.85. The number of nitrogens with one attached hydrogen (secondary N) is 1. The van der Waals surface area contributed by atoms with Crippen LogP contribution >= 0.6 is 24.8 Å². The molecule has 1 fully saturated rings. The largest absolute Gasteiger partial charge is 0.432 e. The van der Waals surface area contributed by atoms with Crippen molar-refractivity contribution in [3.8, 4) is 11.6 Å². The van der Waals surface area contributed by atoms with E-state index in [-0.39, 0.29) is 30.4 Å². The lowest BCUT2D eigenvalue weighted by Gasteiger charge is -2.37. The SMILES string of the molecule is CC1(N)CCN(c2cnc3c(Oc4cccnc4N)n[nH]c3n2)CC1.Cl.Cl. The molecule has 0 aliphatic carbocycles. The van der Waals surface area contributed by atoms with Crippen molar-refractivity contribution in [1.29, 1.82) is 0 Å². The molecule has 0 saturated carbocycles. The number of hydrogen-bond acceptors (Lipinski definition) is 8. The standard InChI is InChI=1S/C16H20N8O.2ClH/c1-16(18)4-7-24(8-5-16)11-9-20-12-14(21-11)22-23-15(12)25-10-3-2-6-19-13(10)17;;/h2-3,6,9H,4-5,7-8,18H2,1H3,(H2,17,19)(H,21,22,23);2*1H. The average Bonchev–Trinajstić information content (AvgIpc) is 2.99. The van der Waals surface area contributed by atoms with Crippen LogP contribution in [0.1, 0.15) is 19.8 Å². The Balaban J connectivity index is 0.00000131. The van der Waals surface area contributed by atoms with Gasteiger partial charge in [0, 0.05) is 24.8 Å². The molecule has 11 heteroatoms. The van der Waals surface area contributed by atoms with Crippen LogP contribution in [0.4, 0.5) is 11.6 Å². The summed E-state index contributed by atoms with van der Waals surface area (Å²) in [5.41, 5.74) is 13.0. The second kappa shape index (κ2) is 8.12. The van der Waals surface area contributed by atoms with Gasteiger partial charge >= 0.3 is 0 Å². The Hall–Kier alpha value is -2.36. The lowest BCUT2D eigenvalue weighted by atomic mass is 9.91. The molecule has 9 nitrogen and oxygen atoms in total. The number of nitrogens with two attached hydrogens (primary N) is 2. The number of fused-ring (bicyclic) bond motifs is 1. The van der Waals surface area contributed by atoms with Gasteiger partial charge in [-0.05, 0) is 31.9 Å². The Labute approximate surface area is 168 Å². The van der Waals surface area contributed by atoms with Gasteiger partial charge in [-0.3, -0.25) is 5.10 Å². The Morgan fingerprint density at radius 3 is 2.67 bits per heavy atom. The summed E-state index contributed by atoms with van der Waals surface area (Å²) in [6.07, 6.45) is 5.17. The molecule has 0 spiro atoms. The fraction of sp³-hybridized carbons (Fsp3) is 0.375. The molecule has 3 aromatic rings. The number of pyridine rings is 1. The number of nitrogens with zero attached hydrogens (tertiary/aromatic N) is 5. The van der Waals surface area contributed by atoms with Crippen LogP contribution in [0.25, 0.3) is 11.2 Å². The highest BCUT2D eigenvalue weighted by atomic mass is 35.5. The molecular weight excluding hydrogens is 391 g/mol. The number of halogens is 2. The van der Waals surface area contributed by atoms with E-state index >= 15 is 0 Å². The van der Waals surface area contributed by atoms with Crippen molar-refractivity contribution in [3.05, 3.63) is 24.5 Å². The molecule has 4 rings (SSSR count). The maximum absolute atomic E-state index is 6.19. The third kappa shape index (κ3) is 4.32. The van der Waals surface area contributed by atoms with E-state index in [1.54, 1.807) is 24.5 Å². The normalized spacial score (nSPS) is 15.7. The fourth-order valence-corrected chi connectivity index (χ4v) is 2.83. The number of nitrogen functional groups attached to an aromatic ring is 1. The van der Waals surface area contributed by atoms with Crippen LogP contribution in [0.15, 0.2) is 24.5 Å². The first-order valence-electron chi connectivity index (χ1n) is 8.15. The van der Waals surface area contributed by atoms with Gasteiger partial charge in [-0.15, -0.1) is 29.9 Å². The Bertz CT molecular complexity index is 906. The van der Waals surface area contributed by atoms with Crippen molar-refractivity contribution in [2.45, 2.75) is 25.3 Å². The summed E-state index contributed by atoms with van der Waals surface area (Å²) in [6, 6.07) is 3.47. The van der Waals surface area contributed by atoms with E-state index in [0.717, 1.165) is 31.7 Å².